The number of aryl methyl sites for hydroxylation is 1. The maximum Gasteiger partial charge on any atom is 0.191 e. The van der Waals surface area contributed by atoms with Crippen molar-refractivity contribution in [1.29, 1.82) is 0 Å². The molecule has 0 spiro atoms. The van der Waals surface area contributed by atoms with E-state index >= 15 is 0 Å². The number of aliphatic imine (C=N–C) groups is 1. The first-order valence-electron chi connectivity index (χ1n) is 9.62. The molecule has 3 rings (SSSR count). The van der Waals surface area contributed by atoms with Crippen LogP contribution in [0, 0.1) is 0 Å². The number of nitrogens with one attached hydrogen (secondary N) is 2. The first-order valence-corrected chi connectivity index (χ1v) is 10.4. The third-order valence-electron chi connectivity index (χ3n) is 4.36. The molecular weight excluding hydrogens is 495 g/mol. The average Bonchev–Trinajstić information content (AvgIpc) is 3.17. The second kappa shape index (κ2) is 11.3. The molecule has 156 valence electrons. The maximum absolute atomic E-state index is 4.80. The van der Waals surface area contributed by atoms with Gasteiger partial charge in [-0.05, 0) is 31.0 Å². The van der Waals surface area contributed by atoms with Crippen LogP contribution in [0.3, 0.4) is 0 Å². The zero-order valence-electron chi connectivity index (χ0n) is 17.4. The van der Waals surface area contributed by atoms with Gasteiger partial charge in [-0.1, -0.05) is 25.1 Å². The fourth-order valence-electron chi connectivity index (χ4n) is 2.85. The van der Waals surface area contributed by atoms with Gasteiger partial charge in [0.05, 0.1) is 18.6 Å². The molecule has 2 N–H and O–H groups in total. The molecular formula is C21H29IN6S. The van der Waals surface area contributed by atoms with Gasteiger partial charge in [0.25, 0.3) is 0 Å². The molecule has 2 aromatic heterocycles. The number of thiazole rings is 1. The zero-order valence-corrected chi connectivity index (χ0v) is 20.5. The van der Waals surface area contributed by atoms with Crippen LogP contribution >= 0.6 is 35.3 Å². The quantitative estimate of drug-likeness (QED) is 0.276. The Kier molecular flexibility index (Phi) is 9.09. The molecule has 29 heavy (non-hydrogen) atoms. The van der Waals surface area contributed by atoms with Crippen LogP contribution in [-0.4, -0.2) is 36.6 Å². The van der Waals surface area contributed by atoms with Crippen LogP contribution in [0.5, 0.6) is 0 Å². The van der Waals surface area contributed by atoms with Crippen LogP contribution in [-0.2, 0) is 19.5 Å². The number of anilines is 1. The standard InChI is InChI=1S/C21H28N6S.HI/c1-5-16-13-23-20(28-16)14-25-21(22-6-2)24-12-15-11-19(27(3)4)26-18-10-8-7-9-17(15)18;/h7-11,13H,5-6,12,14H2,1-4H3,(H2,22,24,25);1H. The van der Waals surface area contributed by atoms with Crippen molar-refractivity contribution in [2.45, 2.75) is 33.4 Å². The normalized spacial score (nSPS) is 11.2. The van der Waals surface area contributed by atoms with Gasteiger partial charge in [-0.2, -0.15) is 0 Å². The number of guanidine groups is 1. The number of para-hydroxylation sites is 1. The van der Waals surface area contributed by atoms with Gasteiger partial charge in [0.2, 0.25) is 0 Å². The summed E-state index contributed by atoms with van der Waals surface area (Å²) in [5.41, 5.74) is 2.15. The molecule has 0 unspecified atom stereocenters. The summed E-state index contributed by atoms with van der Waals surface area (Å²) in [7, 11) is 4.02. The molecule has 0 saturated carbocycles. The number of nitrogens with zero attached hydrogens (tertiary/aromatic N) is 4. The van der Waals surface area contributed by atoms with E-state index in [2.05, 4.69) is 41.6 Å². The number of hydrogen-bond acceptors (Lipinski definition) is 5. The molecule has 6 nitrogen and oxygen atoms in total. The lowest BCUT2D eigenvalue weighted by Crippen LogP contribution is -2.36. The van der Waals surface area contributed by atoms with Gasteiger partial charge in [0.1, 0.15) is 10.8 Å². The Balaban J connectivity index is 0.00000300. The predicted molar refractivity (Wildman–Crippen MR) is 135 cm³/mol. The molecule has 0 amide bonds. The summed E-state index contributed by atoms with van der Waals surface area (Å²) in [6, 6.07) is 10.3. The molecule has 3 aromatic rings. The minimum absolute atomic E-state index is 0. The van der Waals surface area contributed by atoms with Crippen molar-refractivity contribution in [3.05, 3.63) is 52.0 Å². The van der Waals surface area contributed by atoms with E-state index in [0.717, 1.165) is 46.2 Å². The van der Waals surface area contributed by atoms with Crippen molar-refractivity contribution in [3.63, 3.8) is 0 Å². The van der Waals surface area contributed by atoms with Gasteiger partial charge in [-0.15, -0.1) is 35.3 Å². The number of benzene rings is 1. The lowest BCUT2D eigenvalue weighted by Gasteiger charge is -2.15. The van der Waals surface area contributed by atoms with Crippen molar-refractivity contribution < 1.29 is 0 Å². The second-order valence-electron chi connectivity index (χ2n) is 6.67. The molecule has 0 aliphatic heterocycles. The third kappa shape index (κ3) is 6.27. The molecule has 1 aromatic carbocycles. The highest BCUT2D eigenvalue weighted by Gasteiger charge is 2.08. The third-order valence-corrected chi connectivity index (χ3v) is 5.50. The predicted octanol–water partition coefficient (Wildman–Crippen LogP) is 4.19. The zero-order chi connectivity index (χ0) is 19.9. The second-order valence-corrected chi connectivity index (χ2v) is 7.87. The van der Waals surface area contributed by atoms with Crippen molar-refractivity contribution in [2.75, 3.05) is 25.5 Å². The van der Waals surface area contributed by atoms with E-state index in [1.54, 1.807) is 11.3 Å². The maximum atomic E-state index is 4.80. The van der Waals surface area contributed by atoms with Gasteiger partial charge >= 0.3 is 0 Å². The van der Waals surface area contributed by atoms with Gasteiger partial charge in [-0.3, -0.25) is 0 Å². The number of pyridine rings is 1. The Morgan fingerprint density at radius 1 is 1.17 bits per heavy atom. The molecule has 0 radical (unpaired) electrons. The molecule has 2 heterocycles. The number of halogens is 1. The Bertz CT molecular complexity index is 953. The number of rotatable bonds is 7. The van der Waals surface area contributed by atoms with Crippen molar-refractivity contribution in [1.82, 2.24) is 20.6 Å². The largest absolute Gasteiger partial charge is 0.363 e. The van der Waals surface area contributed by atoms with E-state index < -0.39 is 0 Å². The van der Waals surface area contributed by atoms with E-state index in [0.29, 0.717) is 13.1 Å². The Morgan fingerprint density at radius 2 is 1.97 bits per heavy atom. The van der Waals surface area contributed by atoms with E-state index in [1.165, 1.54) is 4.88 Å². The molecule has 0 aliphatic rings. The van der Waals surface area contributed by atoms with Gasteiger partial charge in [-0.25, -0.2) is 15.0 Å². The summed E-state index contributed by atoms with van der Waals surface area (Å²) in [5.74, 6) is 1.74. The lowest BCUT2D eigenvalue weighted by atomic mass is 10.1. The summed E-state index contributed by atoms with van der Waals surface area (Å²) >= 11 is 1.74. The van der Waals surface area contributed by atoms with Gasteiger partial charge < -0.3 is 15.5 Å². The van der Waals surface area contributed by atoms with Crippen LogP contribution in [0.15, 0.2) is 41.5 Å². The number of fused-ring (bicyclic) bond motifs is 1. The lowest BCUT2D eigenvalue weighted by molar-refractivity contribution is 0.812. The smallest absolute Gasteiger partial charge is 0.191 e. The van der Waals surface area contributed by atoms with Crippen LogP contribution in [0.2, 0.25) is 0 Å². The average molecular weight is 524 g/mol. The topological polar surface area (TPSA) is 65.4 Å². The molecule has 0 fully saturated rings. The van der Waals surface area contributed by atoms with Gasteiger partial charge in [0.15, 0.2) is 5.96 Å². The Morgan fingerprint density at radius 3 is 2.66 bits per heavy atom. The Labute approximate surface area is 193 Å². The van der Waals surface area contributed by atoms with Gasteiger partial charge in [0, 0.05) is 37.1 Å². The highest BCUT2D eigenvalue weighted by atomic mass is 127. The van der Waals surface area contributed by atoms with E-state index in [-0.39, 0.29) is 24.0 Å². The molecule has 0 aliphatic carbocycles. The van der Waals surface area contributed by atoms with E-state index in [9.17, 15) is 0 Å². The first-order chi connectivity index (χ1) is 13.6. The fraction of sp³-hybridized carbons (Fsp3) is 0.381. The summed E-state index contributed by atoms with van der Waals surface area (Å²) in [6.45, 7) is 6.29. The summed E-state index contributed by atoms with van der Waals surface area (Å²) < 4.78 is 0. The first kappa shape index (κ1) is 23.3. The SMILES string of the molecule is CCNC(=NCc1cc(N(C)C)nc2ccccc12)NCc1ncc(CC)s1.I. The Hall–Kier alpha value is -1.94. The van der Waals surface area contributed by atoms with Crippen molar-refractivity contribution in [2.24, 2.45) is 4.99 Å². The molecule has 0 bridgehead atoms. The summed E-state index contributed by atoms with van der Waals surface area (Å²) in [5, 5.41) is 8.92. The monoisotopic (exact) mass is 524 g/mol. The van der Waals surface area contributed by atoms with Crippen LogP contribution in [0.1, 0.15) is 29.3 Å². The van der Waals surface area contributed by atoms with Crippen LogP contribution in [0.4, 0.5) is 5.82 Å². The molecule has 0 atom stereocenters. The van der Waals surface area contributed by atoms with Crippen LogP contribution < -0.4 is 15.5 Å². The highest BCUT2D eigenvalue weighted by molar-refractivity contribution is 14.0. The summed E-state index contributed by atoms with van der Waals surface area (Å²) in [6.07, 6.45) is 2.98. The van der Waals surface area contributed by atoms with E-state index in [1.807, 2.05) is 43.4 Å². The van der Waals surface area contributed by atoms with Crippen LogP contribution in [0.25, 0.3) is 10.9 Å². The van der Waals surface area contributed by atoms with Crippen molar-refractivity contribution in [3.8, 4) is 0 Å². The van der Waals surface area contributed by atoms with E-state index in [4.69, 9.17) is 9.98 Å². The fourth-order valence-corrected chi connectivity index (χ4v) is 3.65. The molecule has 8 heteroatoms. The van der Waals surface area contributed by atoms with Crippen molar-refractivity contribution >= 4 is 58.0 Å². The number of aromatic nitrogens is 2. The minimum atomic E-state index is 0. The molecule has 0 saturated heterocycles. The minimum Gasteiger partial charge on any atom is -0.363 e. The summed E-state index contributed by atoms with van der Waals surface area (Å²) in [4.78, 5) is 17.3. The highest BCUT2D eigenvalue weighted by Crippen LogP contribution is 2.22. The number of hydrogen-bond donors (Lipinski definition) is 2.